The lowest BCUT2D eigenvalue weighted by Gasteiger charge is -2.24. The summed E-state index contributed by atoms with van der Waals surface area (Å²) < 4.78 is 5.03. The van der Waals surface area contributed by atoms with Crippen molar-refractivity contribution in [3.05, 3.63) is 35.4 Å². The van der Waals surface area contributed by atoms with E-state index in [-0.39, 0.29) is 11.9 Å². The maximum Gasteiger partial charge on any atom is 0.227 e. The van der Waals surface area contributed by atoms with Gasteiger partial charge in [-0.15, -0.1) is 0 Å². The second-order valence-corrected chi connectivity index (χ2v) is 4.29. The third-order valence-electron chi connectivity index (χ3n) is 2.90. The van der Waals surface area contributed by atoms with E-state index in [2.05, 4.69) is 6.07 Å². The van der Waals surface area contributed by atoms with Crippen LogP contribution in [0.4, 0.5) is 0 Å². The van der Waals surface area contributed by atoms with E-state index in [9.17, 15) is 4.79 Å². The van der Waals surface area contributed by atoms with Crippen molar-refractivity contribution in [2.75, 3.05) is 20.8 Å². The fourth-order valence-electron chi connectivity index (χ4n) is 1.60. The van der Waals surface area contributed by atoms with Crippen LogP contribution < -0.4 is 0 Å². The van der Waals surface area contributed by atoms with Gasteiger partial charge < -0.3 is 9.64 Å². The van der Waals surface area contributed by atoms with Gasteiger partial charge in [0.05, 0.1) is 30.7 Å². The standard InChI is InChI=1S/C14H18N2O2/c1-11(10-18-3)16(2)14(17)8-12-4-6-13(9-15)7-5-12/h4-7,11H,8,10H2,1-3H3. The second-order valence-electron chi connectivity index (χ2n) is 4.29. The van der Waals surface area contributed by atoms with Gasteiger partial charge in [0.2, 0.25) is 5.91 Å². The number of amides is 1. The normalized spacial score (nSPS) is 11.7. The molecule has 0 aromatic heterocycles. The molecule has 1 rings (SSSR count). The predicted molar refractivity (Wildman–Crippen MR) is 69.0 cm³/mol. The van der Waals surface area contributed by atoms with Crippen molar-refractivity contribution in [2.24, 2.45) is 0 Å². The molecular formula is C14H18N2O2. The molecule has 0 aliphatic heterocycles. The number of carbonyl (C=O) groups excluding carboxylic acids is 1. The minimum atomic E-state index is 0.0456. The molecule has 0 radical (unpaired) electrons. The summed E-state index contributed by atoms with van der Waals surface area (Å²) in [7, 11) is 3.39. The SMILES string of the molecule is COCC(C)N(C)C(=O)Cc1ccc(C#N)cc1. The topological polar surface area (TPSA) is 53.3 Å². The summed E-state index contributed by atoms with van der Waals surface area (Å²) in [6, 6.07) is 9.18. The van der Waals surface area contributed by atoms with Gasteiger partial charge in [0.15, 0.2) is 0 Å². The van der Waals surface area contributed by atoms with Gasteiger partial charge in [-0.1, -0.05) is 12.1 Å². The molecule has 1 aromatic carbocycles. The van der Waals surface area contributed by atoms with Crippen molar-refractivity contribution in [3.63, 3.8) is 0 Å². The third-order valence-corrected chi connectivity index (χ3v) is 2.90. The molecule has 0 heterocycles. The molecule has 1 aromatic rings. The Kier molecular flexibility index (Phi) is 5.34. The highest BCUT2D eigenvalue weighted by molar-refractivity contribution is 5.78. The van der Waals surface area contributed by atoms with Crippen molar-refractivity contribution < 1.29 is 9.53 Å². The molecule has 4 nitrogen and oxygen atoms in total. The number of methoxy groups -OCH3 is 1. The lowest BCUT2D eigenvalue weighted by atomic mass is 10.1. The highest BCUT2D eigenvalue weighted by atomic mass is 16.5. The van der Waals surface area contributed by atoms with Crippen LogP contribution in [0.3, 0.4) is 0 Å². The zero-order valence-corrected chi connectivity index (χ0v) is 11.0. The minimum absolute atomic E-state index is 0.0456. The van der Waals surface area contributed by atoms with Crippen molar-refractivity contribution in [1.29, 1.82) is 5.26 Å². The molecule has 18 heavy (non-hydrogen) atoms. The first-order chi connectivity index (χ1) is 8.58. The molecule has 0 N–H and O–H groups in total. The summed E-state index contributed by atoms with van der Waals surface area (Å²) in [5, 5.41) is 8.69. The number of rotatable bonds is 5. The molecule has 1 unspecified atom stereocenters. The number of likely N-dealkylation sites (N-methyl/N-ethyl adjacent to an activating group) is 1. The second kappa shape index (κ2) is 6.77. The molecule has 0 aliphatic rings. The monoisotopic (exact) mass is 246 g/mol. The number of ether oxygens (including phenoxy) is 1. The van der Waals surface area contributed by atoms with Gasteiger partial charge in [0.25, 0.3) is 0 Å². The average Bonchev–Trinajstić information content (AvgIpc) is 2.39. The molecule has 0 aliphatic carbocycles. The number of nitriles is 1. The molecule has 0 spiro atoms. The molecule has 0 fully saturated rings. The van der Waals surface area contributed by atoms with E-state index in [1.54, 1.807) is 31.2 Å². The quantitative estimate of drug-likeness (QED) is 0.793. The summed E-state index contributed by atoms with van der Waals surface area (Å²) in [6.45, 7) is 2.47. The molecule has 1 amide bonds. The Labute approximate surface area is 108 Å². The molecule has 96 valence electrons. The van der Waals surface area contributed by atoms with E-state index >= 15 is 0 Å². The Balaban J connectivity index is 2.61. The van der Waals surface area contributed by atoms with Gasteiger partial charge in [-0.3, -0.25) is 4.79 Å². The summed E-state index contributed by atoms with van der Waals surface area (Å²) >= 11 is 0. The molecule has 0 bridgehead atoms. The lowest BCUT2D eigenvalue weighted by Crippen LogP contribution is -2.38. The lowest BCUT2D eigenvalue weighted by molar-refractivity contribution is -0.131. The molecular weight excluding hydrogens is 228 g/mol. The van der Waals surface area contributed by atoms with Gasteiger partial charge >= 0.3 is 0 Å². The van der Waals surface area contributed by atoms with E-state index < -0.39 is 0 Å². The maximum absolute atomic E-state index is 12.0. The van der Waals surface area contributed by atoms with E-state index in [4.69, 9.17) is 10.00 Å². The minimum Gasteiger partial charge on any atom is -0.383 e. The maximum atomic E-state index is 12.0. The van der Waals surface area contributed by atoms with Crippen molar-refractivity contribution in [1.82, 2.24) is 4.90 Å². The Morgan fingerprint density at radius 1 is 1.44 bits per heavy atom. The number of benzene rings is 1. The first-order valence-corrected chi connectivity index (χ1v) is 5.82. The molecule has 0 saturated heterocycles. The molecule has 4 heteroatoms. The van der Waals surface area contributed by atoms with Crippen LogP contribution in [0.5, 0.6) is 0 Å². The van der Waals surface area contributed by atoms with Crippen LogP contribution in [-0.4, -0.2) is 37.6 Å². The largest absolute Gasteiger partial charge is 0.383 e. The van der Waals surface area contributed by atoms with Crippen LogP contribution in [0.2, 0.25) is 0 Å². The summed E-state index contributed by atoms with van der Waals surface area (Å²) in [5.74, 6) is 0.0456. The fourth-order valence-corrected chi connectivity index (χ4v) is 1.60. The zero-order chi connectivity index (χ0) is 13.5. The van der Waals surface area contributed by atoms with Crippen molar-refractivity contribution in [2.45, 2.75) is 19.4 Å². The highest BCUT2D eigenvalue weighted by Crippen LogP contribution is 2.07. The number of hydrogen-bond donors (Lipinski definition) is 0. The first kappa shape index (κ1) is 14.2. The Morgan fingerprint density at radius 3 is 2.56 bits per heavy atom. The van der Waals surface area contributed by atoms with E-state index in [1.807, 2.05) is 19.1 Å². The van der Waals surface area contributed by atoms with Crippen LogP contribution in [0.1, 0.15) is 18.1 Å². The van der Waals surface area contributed by atoms with Gasteiger partial charge in [-0.25, -0.2) is 0 Å². The van der Waals surface area contributed by atoms with Gasteiger partial charge in [-0.05, 0) is 24.6 Å². The summed E-state index contributed by atoms with van der Waals surface area (Å²) in [5.41, 5.74) is 1.52. The molecule has 1 atom stereocenters. The average molecular weight is 246 g/mol. The fraction of sp³-hybridized carbons (Fsp3) is 0.429. The van der Waals surface area contributed by atoms with Crippen LogP contribution in [0, 0.1) is 11.3 Å². The van der Waals surface area contributed by atoms with Crippen molar-refractivity contribution >= 4 is 5.91 Å². The smallest absolute Gasteiger partial charge is 0.227 e. The predicted octanol–water partition coefficient (Wildman–Crippen LogP) is 1.59. The molecule has 0 saturated carbocycles. The number of nitrogens with zero attached hydrogens (tertiary/aromatic N) is 2. The van der Waals surface area contributed by atoms with E-state index in [0.717, 1.165) is 5.56 Å². The summed E-state index contributed by atoms with van der Waals surface area (Å²) in [6.07, 6.45) is 0.344. The first-order valence-electron chi connectivity index (χ1n) is 5.82. The van der Waals surface area contributed by atoms with Gasteiger partial charge in [0.1, 0.15) is 0 Å². The number of hydrogen-bond acceptors (Lipinski definition) is 3. The van der Waals surface area contributed by atoms with Crippen molar-refractivity contribution in [3.8, 4) is 6.07 Å². The van der Waals surface area contributed by atoms with Crippen LogP contribution >= 0.6 is 0 Å². The number of carbonyl (C=O) groups is 1. The van der Waals surface area contributed by atoms with Gasteiger partial charge in [-0.2, -0.15) is 5.26 Å². The summed E-state index contributed by atoms with van der Waals surface area (Å²) in [4.78, 5) is 13.7. The van der Waals surface area contributed by atoms with Crippen LogP contribution in [0.25, 0.3) is 0 Å². The Bertz CT molecular complexity index is 434. The van der Waals surface area contributed by atoms with Crippen LogP contribution in [0.15, 0.2) is 24.3 Å². The highest BCUT2D eigenvalue weighted by Gasteiger charge is 2.15. The Hall–Kier alpha value is -1.86. The van der Waals surface area contributed by atoms with E-state index in [1.165, 1.54) is 0 Å². The van der Waals surface area contributed by atoms with E-state index in [0.29, 0.717) is 18.6 Å². The van der Waals surface area contributed by atoms with Gasteiger partial charge in [0, 0.05) is 14.2 Å². The zero-order valence-electron chi connectivity index (χ0n) is 11.0. The van der Waals surface area contributed by atoms with Crippen LogP contribution in [-0.2, 0) is 16.0 Å². The Morgan fingerprint density at radius 2 is 2.06 bits per heavy atom. The third kappa shape index (κ3) is 3.86.